The van der Waals surface area contributed by atoms with Crippen LogP contribution < -0.4 is 5.32 Å². The number of fused-ring (bicyclic) bond motifs is 2. The van der Waals surface area contributed by atoms with Crippen LogP contribution in [0.2, 0.25) is 0 Å². The van der Waals surface area contributed by atoms with E-state index >= 15 is 0 Å². The molecule has 1 atom stereocenters. The summed E-state index contributed by atoms with van der Waals surface area (Å²) in [7, 11) is 4.27. The summed E-state index contributed by atoms with van der Waals surface area (Å²) in [6.45, 7) is 4.35. The minimum atomic E-state index is 0.446. The Hall–Kier alpha value is -2.80. The molecule has 3 aromatic rings. The van der Waals surface area contributed by atoms with Crippen LogP contribution in [-0.2, 0) is 0 Å². The normalized spacial score (nSPS) is 22.9. The van der Waals surface area contributed by atoms with Gasteiger partial charge in [-0.3, -0.25) is 9.98 Å². The quantitative estimate of drug-likeness (QED) is 0.631. The highest BCUT2D eigenvalue weighted by Gasteiger charge is 2.31. The minimum Gasteiger partial charge on any atom is -0.350 e. The first-order valence-corrected chi connectivity index (χ1v) is 11.3. The maximum Gasteiger partial charge on any atom is 0.241 e. The Balaban J connectivity index is 1.40. The minimum absolute atomic E-state index is 0.446. The topological polar surface area (TPSA) is 70.7 Å². The number of aromatic nitrogens is 4. The van der Waals surface area contributed by atoms with Crippen molar-refractivity contribution in [1.82, 2.24) is 24.5 Å². The molecule has 31 heavy (non-hydrogen) atoms. The molecule has 0 spiro atoms. The van der Waals surface area contributed by atoms with Crippen molar-refractivity contribution in [2.75, 3.05) is 19.4 Å². The average molecular weight is 418 g/mol. The summed E-state index contributed by atoms with van der Waals surface area (Å²) in [5.74, 6) is 1.13. The van der Waals surface area contributed by atoms with E-state index in [0.717, 1.165) is 60.3 Å². The Bertz CT molecular complexity index is 1120. The van der Waals surface area contributed by atoms with E-state index in [1.807, 2.05) is 16.9 Å². The Morgan fingerprint density at radius 1 is 1.19 bits per heavy atom. The van der Waals surface area contributed by atoms with E-state index in [1.165, 1.54) is 5.71 Å². The van der Waals surface area contributed by atoms with Gasteiger partial charge in [0.15, 0.2) is 0 Å². The first-order chi connectivity index (χ1) is 15.0. The van der Waals surface area contributed by atoms with E-state index in [-0.39, 0.29) is 0 Å². The van der Waals surface area contributed by atoms with Gasteiger partial charge in [-0.2, -0.15) is 0 Å². The van der Waals surface area contributed by atoms with Gasteiger partial charge in [0.1, 0.15) is 0 Å². The first kappa shape index (κ1) is 20.1. The molecule has 1 saturated carbocycles. The molecule has 4 heterocycles. The van der Waals surface area contributed by atoms with Crippen molar-refractivity contribution in [3.05, 3.63) is 36.3 Å². The average Bonchev–Trinajstić information content (AvgIpc) is 3.13. The molecule has 162 valence electrons. The van der Waals surface area contributed by atoms with Gasteiger partial charge in [-0.1, -0.05) is 13.3 Å². The molecule has 2 aliphatic rings. The van der Waals surface area contributed by atoms with Crippen LogP contribution in [0.1, 0.15) is 57.6 Å². The van der Waals surface area contributed by atoms with Crippen molar-refractivity contribution in [3.8, 4) is 11.3 Å². The summed E-state index contributed by atoms with van der Waals surface area (Å²) in [6, 6.07) is 7.36. The van der Waals surface area contributed by atoms with Crippen molar-refractivity contribution in [2.24, 2.45) is 4.99 Å². The Morgan fingerprint density at radius 3 is 2.81 bits per heavy atom. The van der Waals surface area contributed by atoms with Crippen LogP contribution in [0.3, 0.4) is 0 Å². The van der Waals surface area contributed by atoms with Gasteiger partial charge in [-0.05, 0) is 64.9 Å². The fourth-order valence-electron chi connectivity index (χ4n) is 4.80. The second-order valence-electron chi connectivity index (χ2n) is 9.21. The van der Waals surface area contributed by atoms with E-state index in [1.54, 1.807) is 0 Å². The number of nitrogens with zero attached hydrogens (tertiary/aromatic N) is 6. The Morgan fingerprint density at radius 2 is 2.03 bits per heavy atom. The molecule has 1 aliphatic carbocycles. The van der Waals surface area contributed by atoms with Crippen LogP contribution in [0.15, 0.2) is 35.6 Å². The predicted molar refractivity (Wildman–Crippen MR) is 125 cm³/mol. The lowest BCUT2D eigenvalue weighted by Gasteiger charge is -2.39. The summed E-state index contributed by atoms with van der Waals surface area (Å²) < 4.78 is 1.90. The number of rotatable bonds is 6. The molecule has 7 nitrogen and oxygen atoms in total. The number of hydrogen-bond donors (Lipinski definition) is 1. The molecule has 3 aromatic heterocycles. The van der Waals surface area contributed by atoms with E-state index in [0.29, 0.717) is 23.9 Å². The smallest absolute Gasteiger partial charge is 0.241 e. The highest BCUT2D eigenvalue weighted by molar-refractivity contribution is 5.88. The van der Waals surface area contributed by atoms with Gasteiger partial charge < -0.3 is 10.2 Å². The van der Waals surface area contributed by atoms with E-state index in [4.69, 9.17) is 9.98 Å². The molecule has 0 saturated heterocycles. The second kappa shape index (κ2) is 8.04. The molecule has 0 amide bonds. The monoisotopic (exact) mass is 417 g/mol. The van der Waals surface area contributed by atoms with Gasteiger partial charge in [0.25, 0.3) is 0 Å². The third-order valence-corrected chi connectivity index (χ3v) is 6.65. The highest BCUT2D eigenvalue weighted by Crippen LogP contribution is 2.38. The second-order valence-corrected chi connectivity index (χ2v) is 9.21. The van der Waals surface area contributed by atoms with Gasteiger partial charge in [-0.15, -0.1) is 5.10 Å². The third-order valence-electron chi connectivity index (χ3n) is 6.65. The fraction of sp³-hybridized carbons (Fsp3) is 0.500. The molecule has 1 unspecified atom stereocenters. The van der Waals surface area contributed by atoms with Crippen molar-refractivity contribution in [3.63, 3.8) is 0 Å². The number of anilines is 1. The molecule has 0 radical (unpaired) electrons. The van der Waals surface area contributed by atoms with Gasteiger partial charge in [0, 0.05) is 35.5 Å². The molecule has 7 heteroatoms. The number of hydrogen-bond acceptors (Lipinski definition) is 6. The van der Waals surface area contributed by atoms with Crippen molar-refractivity contribution in [2.45, 2.75) is 64.0 Å². The zero-order chi connectivity index (χ0) is 21.5. The Kier molecular flexibility index (Phi) is 5.22. The summed E-state index contributed by atoms with van der Waals surface area (Å²) in [6.07, 6.45) is 9.45. The molecular formula is C24H31N7. The zero-order valence-electron chi connectivity index (χ0n) is 18.8. The standard InChI is InChI=1S/C24H31N7/c1-5-6-16-11-15(2)26-21-8-7-20(28-23(16)21)19-9-10-31-22(19)14-25-24(29-31)27-17-12-18(13-17)30(3)4/h7-10,14,16-18H,5-6,11-13H2,1-4H3,(H,27,29). The first-order valence-electron chi connectivity index (χ1n) is 11.3. The van der Waals surface area contributed by atoms with Gasteiger partial charge in [0.05, 0.1) is 28.8 Å². The van der Waals surface area contributed by atoms with Crippen LogP contribution in [0.25, 0.3) is 16.8 Å². The van der Waals surface area contributed by atoms with Crippen LogP contribution >= 0.6 is 0 Å². The van der Waals surface area contributed by atoms with Gasteiger partial charge >= 0.3 is 0 Å². The molecule has 5 rings (SSSR count). The molecule has 0 aromatic carbocycles. The predicted octanol–water partition coefficient (Wildman–Crippen LogP) is 4.68. The van der Waals surface area contributed by atoms with Crippen LogP contribution in [0.5, 0.6) is 0 Å². The maximum absolute atomic E-state index is 5.06. The van der Waals surface area contributed by atoms with E-state index in [2.05, 4.69) is 66.4 Å². The largest absolute Gasteiger partial charge is 0.350 e. The fourth-order valence-corrected chi connectivity index (χ4v) is 4.80. The summed E-state index contributed by atoms with van der Waals surface area (Å²) in [5.41, 5.74) is 6.35. The summed E-state index contributed by atoms with van der Waals surface area (Å²) >= 11 is 0. The lowest BCUT2D eigenvalue weighted by atomic mass is 9.86. The third kappa shape index (κ3) is 3.82. The molecule has 1 aliphatic heterocycles. The SMILES string of the molecule is CCCC1CC(C)=Nc2ccc(-c3ccn4nc(NC5CC(N(C)C)C5)ncc34)nc21. The summed E-state index contributed by atoms with van der Waals surface area (Å²) in [4.78, 5) is 16.7. The Labute approximate surface area is 183 Å². The number of nitrogens with one attached hydrogen (secondary N) is 1. The number of pyridine rings is 1. The molecule has 1 fully saturated rings. The molecule has 0 bridgehead atoms. The lowest BCUT2D eigenvalue weighted by molar-refractivity contribution is 0.177. The van der Waals surface area contributed by atoms with Crippen LogP contribution in [-0.4, -0.2) is 56.4 Å². The highest BCUT2D eigenvalue weighted by atomic mass is 15.3. The summed E-state index contributed by atoms with van der Waals surface area (Å²) in [5, 5.41) is 8.16. The van der Waals surface area contributed by atoms with Gasteiger partial charge in [-0.25, -0.2) is 9.50 Å². The number of aliphatic imine (C=N–C) groups is 1. The maximum atomic E-state index is 5.06. The van der Waals surface area contributed by atoms with Crippen LogP contribution in [0, 0.1) is 0 Å². The van der Waals surface area contributed by atoms with Crippen molar-refractivity contribution < 1.29 is 0 Å². The zero-order valence-corrected chi connectivity index (χ0v) is 18.8. The van der Waals surface area contributed by atoms with E-state index < -0.39 is 0 Å². The molecular weight excluding hydrogens is 386 g/mol. The van der Waals surface area contributed by atoms with Crippen molar-refractivity contribution >= 4 is 22.9 Å². The molecule has 1 N–H and O–H groups in total. The van der Waals surface area contributed by atoms with E-state index in [9.17, 15) is 0 Å². The lowest BCUT2D eigenvalue weighted by Crippen LogP contribution is -2.47. The van der Waals surface area contributed by atoms with Crippen molar-refractivity contribution in [1.29, 1.82) is 0 Å². The van der Waals surface area contributed by atoms with Gasteiger partial charge in [0.2, 0.25) is 5.95 Å². The van der Waals surface area contributed by atoms with Crippen LogP contribution in [0.4, 0.5) is 11.6 Å².